The Labute approximate surface area is 173 Å². The third-order valence-electron chi connectivity index (χ3n) is 5.42. The van der Waals surface area contributed by atoms with Gasteiger partial charge in [-0.25, -0.2) is 5.01 Å². The molecule has 0 saturated heterocycles. The Balaban J connectivity index is 1.64. The van der Waals surface area contributed by atoms with Crippen molar-refractivity contribution in [1.29, 1.82) is 0 Å². The molecule has 1 N–H and O–H groups in total. The van der Waals surface area contributed by atoms with E-state index >= 15 is 0 Å². The second-order valence-electron chi connectivity index (χ2n) is 7.21. The van der Waals surface area contributed by atoms with Crippen molar-refractivity contribution in [3.8, 4) is 17.2 Å². The van der Waals surface area contributed by atoms with Gasteiger partial charge >= 0.3 is 0 Å². The third-order valence-corrected chi connectivity index (χ3v) is 6.47. The Morgan fingerprint density at radius 2 is 2.07 bits per heavy atom. The van der Waals surface area contributed by atoms with Gasteiger partial charge in [0, 0.05) is 17.5 Å². The quantitative estimate of drug-likeness (QED) is 0.630. The van der Waals surface area contributed by atoms with Crippen molar-refractivity contribution < 1.29 is 14.6 Å². The van der Waals surface area contributed by atoms with Crippen LogP contribution in [0, 0.1) is 6.92 Å². The van der Waals surface area contributed by atoms with Gasteiger partial charge in [0.05, 0.1) is 23.2 Å². The highest BCUT2D eigenvalue weighted by Gasteiger charge is 2.43. The van der Waals surface area contributed by atoms with E-state index in [2.05, 4.69) is 24.4 Å². The van der Waals surface area contributed by atoms with Crippen molar-refractivity contribution >= 4 is 17.0 Å². The molecule has 1 aromatic heterocycles. The van der Waals surface area contributed by atoms with Crippen LogP contribution in [0.1, 0.15) is 47.2 Å². The second-order valence-corrected chi connectivity index (χ2v) is 8.16. The van der Waals surface area contributed by atoms with Gasteiger partial charge in [-0.2, -0.15) is 5.10 Å². The van der Waals surface area contributed by atoms with Crippen LogP contribution in [0.3, 0.4) is 0 Å². The number of rotatable bonds is 4. The van der Waals surface area contributed by atoms with E-state index in [-0.39, 0.29) is 18.0 Å². The fourth-order valence-corrected chi connectivity index (χ4v) is 4.99. The van der Waals surface area contributed by atoms with Crippen molar-refractivity contribution in [2.45, 2.75) is 32.5 Å². The van der Waals surface area contributed by atoms with Crippen LogP contribution >= 0.6 is 11.3 Å². The molecular formula is C23H22N2O3S. The molecule has 2 aromatic carbocycles. The smallest absolute Gasteiger partial charge is 0.223 e. The number of fused-ring (bicyclic) bond motifs is 3. The monoisotopic (exact) mass is 406 g/mol. The summed E-state index contributed by atoms with van der Waals surface area (Å²) in [6.07, 6.45) is 0.377. The summed E-state index contributed by atoms with van der Waals surface area (Å²) in [4.78, 5) is 1.13. The van der Waals surface area contributed by atoms with Gasteiger partial charge in [-0.3, -0.25) is 0 Å². The molecule has 0 spiro atoms. The van der Waals surface area contributed by atoms with E-state index in [1.165, 1.54) is 5.56 Å². The summed E-state index contributed by atoms with van der Waals surface area (Å²) in [7, 11) is 0. The molecule has 3 heterocycles. The molecular weight excluding hydrogens is 384 g/mol. The molecule has 0 amide bonds. The zero-order chi connectivity index (χ0) is 20.0. The highest BCUT2D eigenvalue weighted by atomic mass is 32.1. The fraction of sp³-hybridized carbons (Fsp3) is 0.261. The summed E-state index contributed by atoms with van der Waals surface area (Å²) in [5, 5.41) is 19.4. The van der Waals surface area contributed by atoms with Gasteiger partial charge in [-0.15, -0.1) is 11.3 Å². The minimum absolute atomic E-state index is 0.0280. The van der Waals surface area contributed by atoms with Gasteiger partial charge in [-0.05, 0) is 49.1 Å². The van der Waals surface area contributed by atoms with E-state index in [0.717, 1.165) is 33.2 Å². The van der Waals surface area contributed by atoms with E-state index < -0.39 is 0 Å². The number of aromatic hydroxyl groups is 1. The van der Waals surface area contributed by atoms with Gasteiger partial charge in [0.15, 0.2) is 11.5 Å². The van der Waals surface area contributed by atoms with Crippen LogP contribution < -0.4 is 9.47 Å². The lowest BCUT2D eigenvalue weighted by atomic mass is 9.95. The Morgan fingerprint density at radius 3 is 2.83 bits per heavy atom. The number of nitrogens with zero attached hydrogens (tertiary/aromatic N) is 2. The summed E-state index contributed by atoms with van der Waals surface area (Å²) >= 11 is 1.67. The molecule has 148 valence electrons. The van der Waals surface area contributed by atoms with Crippen LogP contribution in [0.15, 0.2) is 59.0 Å². The molecule has 2 atom stereocenters. The fourth-order valence-electron chi connectivity index (χ4n) is 4.04. The number of hydrogen-bond acceptors (Lipinski definition) is 6. The van der Waals surface area contributed by atoms with Crippen LogP contribution in [-0.2, 0) is 0 Å². The van der Waals surface area contributed by atoms with Crippen LogP contribution in [-0.4, -0.2) is 22.4 Å². The largest absolute Gasteiger partial charge is 0.507 e. The number of benzene rings is 2. The number of thiophene rings is 1. The van der Waals surface area contributed by atoms with E-state index in [1.807, 2.05) is 42.3 Å². The predicted molar refractivity (Wildman–Crippen MR) is 114 cm³/mol. The average Bonchev–Trinajstić information content (AvgIpc) is 3.35. The van der Waals surface area contributed by atoms with E-state index in [9.17, 15) is 5.11 Å². The van der Waals surface area contributed by atoms with Crippen LogP contribution in [0.4, 0.5) is 0 Å². The number of phenols is 1. The number of aryl methyl sites for hydroxylation is 1. The predicted octanol–water partition coefficient (Wildman–Crippen LogP) is 5.40. The first-order valence-electron chi connectivity index (χ1n) is 9.78. The van der Waals surface area contributed by atoms with E-state index in [4.69, 9.17) is 14.6 Å². The number of hydrazone groups is 1. The summed E-state index contributed by atoms with van der Waals surface area (Å²) < 4.78 is 12.4. The maximum atomic E-state index is 10.4. The van der Waals surface area contributed by atoms with E-state index in [1.54, 1.807) is 17.4 Å². The van der Waals surface area contributed by atoms with Crippen molar-refractivity contribution in [2.24, 2.45) is 5.10 Å². The van der Waals surface area contributed by atoms with Crippen molar-refractivity contribution in [2.75, 3.05) is 6.61 Å². The summed E-state index contributed by atoms with van der Waals surface area (Å²) in [6, 6.07) is 15.5. The molecule has 29 heavy (non-hydrogen) atoms. The van der Waals surface area contributed by atoms with Crippen molar-refractivity contribution in [3.05, 3.63) is 75.5 Å². The lowest BCUT2D eigenvalue weighted by molar-refractivity contribution is -0.0191. The highest BCUT2D eigenvalue weighted by Crippen LogP contribution is 2.52. The van der Waals surface area contributed by atoms with Gasteiger partial charge in [0.2, 0.25) is 6.23 Å². The van der Waals surface area contributed by atoms with Gasteiger partial charge < -0.3 is 14.6 Å². The third kappa shape index (κ3) is 2.95. The topological polar surface area (TPSA) is 54.3 Å². The first kappa shape index (κ1) is 18.1. The molecule has 0 bridgehead atoms. The lowest BCUT2D eigenvalue weighted by Crippen LogP contribution is -2.33. The average molecular weight is 407 g/mol. The minimum atomic E-state index is -0.322. The molecule has 5 nitrogen and oxygen atoms in total. The zero-order valence-corrected chi connectivity index (χ0v) is 17.1. The molecule has 5 rings (SSSR count). The number of para-hydroxylation sites is 2. The van der Waals surface area contributed by atoms with Gasteiger partial charge in [0.25, 0.3) is 0 Å². The molecule has 0 unspecified atom stereocenters. The normalized spacial score (nSPS) is 19.9. The SMILES string of the molecule is CCOc1cccc2c1O[C@H](c1sccc1C)N1N=C(c3ccccc3O)C[C@H]21. The van der Waals surface area contributed by atoms with Gasteiger partial charge in [-0.1, -0.05) is 24.3 Å². The van der Waals surface area contributed by atoms with Crippen molar-refractivity contribution in [1.82, 2.24) is 5.01 Å². The molecule has 2 aliphatic heterocycles. The molecule has 2 aliphatic rings. The Bertz CT molecular complexity index is 1090. The van der Waals surface area contributed by atoms with Gasteiger partial charge in [0.1, 0.15) is 5.75 Å². The number of phenolic OH excluding ortho intramolecular Hbond substituents is 1. The summed E-state index contributed by atoms with van der Waals surface area (Å²) in [6.45, 7) is 4.65. The van der Waals surface area contributed by atoms with Crippen LogP contribution in [0.2, 0.25) is 0 Å². The summed E-state index contributed by atoms with van der Waals surface area (Å²) in [5.74, 6) is 1.81. The number of hydrogen-bond donors (Lipinski definition) is 1. The first-order chi connectivity index (χ1) is 14.2. The molecule has 0 saturated carbocycles. The standard InChI is InChI=1S/C23H22N2O3S/c1-3-27-20-10-6-8-16-18-13-17(15-7-4-5-9-19(15)26)24-25(18)23(28-21(16)20)22-14(2)11-12-29-22/h4-12,18,23,26H,3,13H2,1-2H3/t18-,23-/m1/s1. The summed E-state index contributed by atoms with van der Waals surface area (Å²) in [5.41, 5.74) is 3.88. The molecule has 0 radical (unpaired) electrons. The Morgan fingerprint density at radius 1 is 1.21 bits per heavy atom. The number of ether oxygens (including phenoxy) is 2. The second kappa shape index (κ2) is 7.12. The zero-order valence-electron chi connectivity index (χ0n) is 16.3. The maximum Gasteiger partial charge on any atom is 0.223 e. The molecule has 0 fully saturated rings. The first-order valence-corrected chi connectivity index (χ1v) is 10.7. The Kier molecular flexibility index (Phi) is 4.43. The van der Waals surface area contributed by atoms with Crippen molar-refractivity contribution in [3.63, 3.8) is 0 Å². The van der Waals surface area contributed by atoms with Crippen LogP contribution in [0.5, 0.6) is 17.2 Å². The highest BCUT2D eigenvalue weighted by molar-refractivity contribution is 7.10. The Hall–Kier alpha value is -2.99. The maximum absolute atomic E-state index is 10.4. The van der Waals surface area contributed by atoms with E-state index in [0.29, 0.717) is 13.0 Å². The molecule has 6 heteroatoms. The molecule has 0 aliphatic carbocycles. The minimum Gasteiger partial charge on any atom is -0.507 e. The van der Waals surface area contributed by atoms with Crippen LogP contribution in [0.25, 0.3) is 0 Å². The molecule has 3 aromatic rings. The lowest BCUT2D eigenvalue weighted by Gasteiger charge is -2.38.